The molecule has 0 saturated heterocycles. The minimum atomic E-state index is -0.0688. The van der Waals surface area contributed by atoms with Gasteiger partial charge in [0.25, 0.3) is 5.56 Å². The van der Waals surface area contributed by atoms with E-state index in [4.69, 9.17) is 0 Å². The van der Waals surface area contributed by atoms with Crippen molar-refractivity contribution in [3.8, 4) is 0 Å². The van der Waals surface area contributed by atoms with Gasteiger partial charge in [0, 0.05) is 44.2 Å². The van der Waals surface area contributed by atoms with Crippen molar-refractivity contribution in [2.45, 2.75) is 38.8 Å². The van der Waals surface area contributed by atoms with Crippen LogP contribution in [0.5, 0.6) is 0 Å². The molecule has 0 unspecified atom stereocenters. The van der Waals surface area contributed by atoms with Gasteiger partial charge in [-0.15, -0.1) is 0 Å². The van der Waals surface area contributed by atoms with Crippen molar-refractivity contribution >= 4 is 5.91 Å². The lowest BCUT2D eigenvalue weighted by Crippen LogP contribution is -2.33. The average molecular weight is 314 g/mol. The highest BCUT2D eigenvalue weighted by atomic mass is 16.2. The first-order valence-electron chi connectivity index (χ1n) is 7.99. The summed E-state index contributed by atoms with van der Waals surface area (Å²) in [6.45, 7) is 2.27. The molecule has 6 nitrogen and oxygen atoms in total. The summed E-state index contributed by atoms with van der Waals surface area (Å²) >= 11 is 0. The third kappa shape index (κ3) is 3.52. The molecule has 23 heavy (non-hydrogen) atoms. The molecule has 0 aromatic carbocycles. The fourth-order valence-corrected chi connectivity index (χ4v) is 2.87. The van der Waals surface area contributed by atoms with Crippen molar-refractivity contribution in [2.24, 2.45) is 13.0 Å². The summed E-state index contributed by atoms with van der Waals surface area (Å²) in [6, 6.07) is 5.10. The molecule has 1 atom stereocenters. The number of hydrogen-bond donors (Lipinski definition) is 1. The van der Waals surface area contributed by atoms with Crippen LogP contribution in [-0.4, -0.2) is 20.0 Å². The summed E-state index contributed by atoms with van der Waals surface area (Å²) in [5, 5.41) is 3.09. The molecule has 1 aliphatic rings. The predicted octanol–water partition coefficient (Wildman–Crippen LogP) is 1.55. The molecule has 0 radical (unpaired) electrons. The van der Waals surface area contributed by atoms with Gasteiger partial charge >= 0.3 is 0 Å². The Bertz CT molecular complexity index is 758. The maximum Gasteiger partial charge on any atom is 0.250 e. The average Bonchev–Trinajstić information content (AvgIpc) is 3.26. The second-order valence-electron chi connectivity index (χ2n) is 6.19. The monoisotopic (exact) mass is 314 g/mol. The van der Waals surface area contributed by atoms with E-state index in [-0.39, 0.29) is 17.5 Å². The van der Waals surface area contributed by atoms with Crippen molar-refractivity contribution in [1.82, 2.24) is 19.4 Å². The van der Waals surface area contributed by atoms with Crippen molar-refractivity contribution in [3.63, 3.8) is 0 Å². The molecule has 3 rings (SSSR count). The Kier molecular flexibility index (Phi) is 4.32. The lowest BCUT2D eigenvalue weighted by molar-refractivity contribution is -0.122. The number of pyridine rings is 1. The molecule has 0 aliphatic heterocycles. The second-order valence-corrected chi connectivity index (χ2v) is 6.19. The zero-order valence-corrected chi connectivity index (χ0v) is 13.5. The number of nitrogens with zero attached hydrogens (tertiary/aromatic N) is 3. The highest BCUT2D eigenvalue weighted by Crippen LogP contribution is 2.40. The quantitative estimate of drug-likeness (QED) is 0.879. The van der Waals surface area contributed by atoms with Crippen LogP contribution < -0.4 is 10.9 Å². The Labute approximate surface area is 135 Å². The highest BCUT2D eigenvalue weighted by Gasteiger charge is 2.35. The smallest absolute Gasteiger partial charge is 0.250 e. The third-order valence-corrected chi connectivity index (χ3v) is 4.38. The second kappa shape index (κ2) is 6.40. The molecular weight excluding hydrogens is 292 g/mol. The number of hydrogen-bond acceptors (Lipinski definition) is 3. The van der Waals surface area contributed by atoms with E-state index in [1.54, 1.807) is 16.8 Å². The summed E-state index contributed by atoms with van der Waals surface area (Å²) in [7, 11) is 1.94. The Morgan fingerprint density at radius 1 is 1.43 bits per heavy atom. The number of rotatable bonds is 6. The summed E-state index contributed by atoms with van der Waals surface area (Å²) < 4.78 is 3.58. The molecule has 1 fully saturated rings. The van der Waals surface area contributed by atoms with Gasteiger partial charge in [0.15, 0.2) is 0 Å². The van der Waals surface area contributed by atoms with Crippen LogP contribution >= 0.6 is 0 Å². The van der Waals surface area contributed by atoms with E-state index in [9.17, 15) is 9.59 Å². The first-order chi connectivity index (χ1) is 11.1. The molecule has 1 amide bonds. The Morgan fingerprint density at radius 3 is 2.83 bits per heavy atom. The molecular formula is C17H22N4O2. The van der Waals surface area contributed by atoms with E-state index in [1.807, 2.05) is 30.8 Å². The normalized spacial score (nSPS) is 15.4. The molecule has 1 saturated carbocycles. The fourth-order valence-electron chi connectivity index (χ4n) is 2.87. The van der Waals surface area contributed by atoms with Gasteiger partial charge in [0.2, 0.25) is 5.91 Å². The summed E-state index contributed by atoms with van der Waals surface area (Å²) in [4.78, 5) is 28.5. The molecule has 6 heteroatoms. The lowest BCUT2D eigenvalue weighted by atomic mass is 10.1. The topological polar surface area (TPSA) is 68.9 Å². The van der Waals surface area contributed by atoms with E-state index in [0.29, 0.717) is 18.9 Å². The molecule has 2 aromatic rings. The zero-order chi connectivity index (χ0) is 16.4. The number of amides is 1. The maximum absolute atomic E-state index is 12.3. The summed E-state index contributed by atoms with van der Waals surface area (Å²) in [5.74, 6) is 1.33. The van der Waals surface area contributed by atoms with Gasteiger partial charge in [-0.1, -0.05) is 6.07 Å². The van der Waals surface area contributed by atoms with Crippen molar-refractivity contribution in [2.75, 3.05) is 0 Å². The summed E-state index contributed by atoms with van der Waals surface area (Å²) in [5.41, 5.74) is 0.800. The van der Waals surface area contributed by atoms with Crippen molar-refractivity contribution < 1.29 is 4.79 Å². The number of carbonyl (C=O) groups is 1. The number of nitrogens with one attached hydrogen (secondary N) is 1. The van der Waals surface area contributed by atoms with Crippen LogP contribution in [0.25, 0.3) is 0 Å². The van der Waals surface area contributed by atoms with Gasteiger partial charge < -0.3 is 14.5 Å². The molecule has 0 bridgehead atoms. The van der Waals surface area contributed by atoms with Gasteiger partial charge in [0.05, 0.1) is 6.04 Å². The zero-order valence-electron chi connectivity index (χ0n) is 13.5. The SMILES string of the molecule is Cc1cccc(=O)n1CCC(=O)N[C@H](c1nccn1C)C1CC1. The largest absolute Gasteiger partial charge is 0.346 e. The van der Waals surface area contributed by atoms with Gasteiger partial charge in [-0.05, 0) is 31.7 Å². The fraction of sp³-hybridized carbons (Fsp3) is 0.471. The van der Waals surface area contributed by atoms with E-state index >= 15 is 0 Å². The van der Waals surface area contributed by atoms with E-state index in [0.717, 1.165) is 24.4 Å². The molecule has 2 aromatic heterocycles. The van der Waals surface area contributed by atoms with Crippen LogP contribution in [0.1, 0.15) is 36.8 Å². The van der Waals surface area contributed by atoms with Crippen LogP contribution in [0.4, 0.5) is 0 Å². The lowest BCUT2D eigenvalue weighted by Gasteiger charge is -2.18. The first-order valence-corrected chi connectivity index (χ1v) is 7.99. The van der Waals surface area contributed by atoms with Gasteiger partial charge in [-0.2, -0.15) is 0 Å². The van der Waals surface area contributed by atoms with Crippen molar-refractivity contribution in [1.29, 1.82) is 0 Å². The Morgan fingerprint density at radius 2 is 2.22 bits per heavy atom. The standard InChI is InChI=1S/C17H22N4O2/c1-12-4-3-5-15(23)21(12)10-8-14(22)19-16(13-6-7-13)17-18-9-11-20(17)2/h3-5,9,11,13,16H,6-8,10H2,1-2H3,(H,19,22)/t16-/m0/s1. The molecule has 1 N–H and O–H groups in total. The Hall–Kier alpha value is -2.37. The maximum atomic E-state index is 12.3. The number of imidazole rings is 1. The first kappa shape index (κ1) is 15.5. The van der Waals surface area contributed by atoms with Crippen LogP contribution in [0.2, 0.25) is 0 Å². The van der Waals surface area contributed by atoms with Gasteiger partial charge in [-0.3, -0.25) is 9.59 Å². The molecule has 122 valence electrons. The number of carbonyl (C=O) groups excluding carboxylic acids is 1. The molecule has 1 aliphatic carbocycles. The number of aromatic nitrogens is 3. The van der Waals surface area contributed by atoms with Crippen LogP contribution in [0.15, 0.2) is 35.4 Å². The minimum Gasteiger partial charge on any atom is -0.346 e. The molecule has 0 spiro atoms. The van der Waals surface area contributed by atoms with Crippen LogP contribution in [0.3, 0.4) is 0 Å². The third-order valence-electron chi connectivity index (χ3n) is 4.38. The van der Waals surface area contributed by atoms with Crippen molar-refractivity contribution in [3.05, 3.63) is 52.5 Å². The molecule has 2 heterocycles. The highest BCUT2D eigenvalue weighted by molar-refractivity contribution is 5.76. The predicted molar refractivity (Wildman–Crippen MR) is 86.9 cm³/mol. The van der Waals surface area contributed by atoms with E-state index in [1.165, 1.54) is 6.07 Å². The van der Waals surface area contributed by atoms with Gasteiger partial charge in [-0.25, -0.2) is 4.98 Å². The summed E-state index contributed by atoms with van der Waals surface area (Å²) in [6.07, 6.45) is 6.18. The number of aryl methyl sites for hydroxylation is 2. The van der Waals surface area contributed by atoms with Crippen LogP contribution in [-0.2, 0) is 18.4 Å². The van der Waals surface area contributed by atoms with Gasteiger partial charge in [0.1, 0.15) is 5.82 Å². The van der Waals surface area contributed by atoms with E-state index in [2.05, 4.69) is 10.3 Å². The minimum absolute atomic E-state index is 0.0314. The van der Waals surface area contributed by atoms with E-state index < -0.39 is 0 Å². The Balaban J connectivity index is 1.64. The van der Waals surface area contributed by atoms with Crippen LogP contribution in [0, 0.1) is 12.8 Å².